The van der Waals surface area contributed by atoms with Crippen LogP contribution in [0, 0.1) is 0 Å². The van der Waals surface area contributed by atoms with E-state index >= 15 is 0 Å². The first-order chi connectivity index (χ1) is 9.74. The van der Waals surface area contributed by atoms with Gasteiger partial charge in [0.25, 0.3) is 5.91 Å². The second-order valence-electron chi connectivity index (χ2n) is 4.01. The molecule has 0 saturated carbocycles. The summed E-state index contributed by atoms with van der Waals surface area (Å²) >= 11 is 7.22. The van der Waals surface area contributed by atoms with Crippen LogP contribution >= 0.6 is 22.9 Å². The van der Waals surface area contributed by atoms with Gasteiger partial charge in [-0.25, -0.2) is 0 Å². The lowest BCUT2D eigenvalue weighted by Crippen LogP contribution is -2.10. The van der Waals surface area contributed by atoms with Gasteiger partial charge in [-0.3, -0.25) is 10.1 Å². The summed E-state index contributed by atoms with van der Waals surface area (Å²) in [7, 11) is 0. The normalized spacial score (nSPS) is 10.4. The van der Waals surface area contributed by atoms with Gasteiger partial charge in [0.1, 0.15) is 0 Å². The van der Waals surface area contributed by atoms with Gasteiger partial charge in [-0.05, 0) is 29.1 Å². The lowest BCUT2D eigenvalue weighted by Gasteiger charge is -2.03. The van der Waals surface area contributed by atoms with Crippen LogP contribution in [0.3, 0.4) is 0 Å². The molecule has 0 atom stereocenters. The molecule has 0 aliphatic carbocycles. The van der Waals surface area contributed by atoms with Gasteiger partial charge in [0.15, 0.2) is 0 Å². The molecule has 0 bridgehead atoms. The van der Waals surface area contributed by atoms with Crippen molar-refractivity contribution in [2.24, 2.45) is 0 Å². The lowest BCUT2D eigenvalue weighted by molar-refractivity contribution is 0.102. The molecule has 1 amide bonds. The zero-order valence-electron chi connectivity index (χ0n) is 10.2. The molecule has 4 nitrogen and oxygen atoms in total. The highest BCUT2D eigenvalue weighted by molar-refractivity contribution is 7.12. The number of halogens is 1. The molecule has 3 aromatic rings. The number of nitrogens with one attached hydrogen (secondary N) is 1. The number of rotatable bonds is 3. The number of hydrogen-bond donors (Lipinski definition) is 1. The number of nitrogens with zero attached hydrogens (tertiary/aromatic N) is 1. The number of amides is 1. The molecule has 0 fully saturated rings. The van der Waals surface area contributed by atoms with E-state index in [1.54, 1.807) is 24.4 Å². The molecular weight excluding hydrogens is 296 g/mol. The van der Waals surface area contributed by atoms with Crippen LogP contribution < -0.4 is 5.32 Å². The minimum atomic E-state index is -0.216. The Morgan fingerprint density at radius 3 is 2.75 bits per heavy atom. The van der Waals surface area contributed by atoms with Gasteiger partial charge in [-0.1, -0.05) is 35.0 Å². The molecule has 0 aliphatic rings. The molecule has 2 aromatic heterocycles. The molecule has 2 heterocycles. The van der Waals surface area contributed by atoms with Gasteiger partial charge in [0.2, 0.25) is 5.88 Å². The van der Waals surface area contributed by atoms with E-state index in [9.17, 15) is 4.79 Å². The minimum Gasteiger partial charge on any atom is -0.338 e. The number of anilines is 1. The van der Waals surface area contributed by atoms with E-state index in [0.717, 1.165) is 5.56 Å². The summed E-state index contributed by atoms with van der Waals surface area (Å²) in [5.74, 6) is 0.109. The molecule has 0 aliphatic heterocycles. The molecule has 3 rings (SSSR count). The topological polar surface area (TPSA) is 55.1 Å². The third-order valence-electron chi connectivity index (χ3n) is 2.70. The molecule has 20 heavy (non-hydrogen) atoms. The summed E-state index contributed by atoms with van der Waals surface area (Å²) in [5, 5.41) is 8.94. The standard InChI is InChI=1S/C14H9ClN2O2S/c15-10-5-3-9(4-6-10)11-8-16-19-14(11)17-13(18)12-2-1-7-20-12/h1-8H,(H,17,18). The Morgan fingerprint density at radius 1 is 1.25 bits per heavy atom. The second-order valence-corrected chi connectivity index (χ2v) is 5.39. The zero-order valence-corrected chi connectivity index (χ0v) is 11.7. The van der Waals surface area contributed by atoms with Crippen LogP contribution in [0.1, 0.15) is 9.67 Å². The van der Waals surface area contributed by atoms with Crippen LogP contribution in [0.5, 0.6) is 0 Å². The molecular formula is C14H9ClN2O2S. The summed E-state index contributed by atoms with van der Waals surface area (Å²) < 4.78 is 5.11. The van der Waals surface area contributed by atoms with E-state index in [4.69, 9.17) is 16.1 Å². The predicted octanol–water partition coefficient (Wildman–Crippen LogP) is 4.31. The fourth-order valence-corrected chi connectivity index (χ4v) is 2.48. The van der Waals surface area contributed by atoms with E-state index in [-0.39, 0.29) is 5.91 Å². The first kappa shape index (κ1) is 12.9. The molecule has 0 saturated heterocycles. The quantitative estimate of drug-likeness (QED) is 0.784. The van der Waals surface area contributed by atoms with Crippen LogP contribution in [-0.4, -0.2) is 11.1 Å². The maximum atomic E-state index is 12.0. The summed E-state index contributed by atoms with van der Waals surface area (Å²) in [4.78, 5) is 12.6. The maximum absolute atomic E-state index is 12.0. The van der Waals surface area contributed by atoms with Crippen LogP contribution in [-0.2, 0) is 0 Å². The molecule has 1 N–H and O–H groups in total. The molecule has 0 unspecified atom stereocenters. The number of carbonyl (C=O) groups is 1. The fraction of sp³-hybridized carbons (Fsp3) is 0. The number of thiophene rings is 1. The van der Waals surface area contributed by atoms with E-state index in [1.807, 2.05) is 23.6 Å². The number of carbonyl (C=O) groups excluding carboxylic acids is 1. The van der Waals surface area contributed by atoms with Gasteiger partial charge in [0, 0.05) is 5.02 Å². The number of hydrogen-bond acceptors (Lipinski definition) is 4. The highest BCUT2D eigenvalue weighted by atomic mass is 35.5. The average molecular weight is 305 g/mol. The van der Waals surface area contributed by atoms with E-state index < -0.39 is 0 Å². The van der Waals surface area contributed by atoms with Gasteiger partial charge in [0.05, 0.1) is 16.6 Å². The molecule has 100 valence electrons. The van der Waals surface area contributed by atoms with Gasteiger partial charge in [-0.15, -0.1) is 11.3 Å². The number of benzene rings is 1. The minimum absolute atomic E-state index is 0.216. The number of aromatic nitrogens is 1. The summed E-state index contributed by atoms with van der Waals surface area (Å²) in [5.41, 5.74) is 1.59. The van der Waals surface area contributed by atoms with Crippen molar-refractivity contribution in [3.05, 3.63) is 57.9 Å². The Hall–Kier alpha value is -2.11. The van der Waals surface area contributed by atoms with Crippen LogP contribution in [0.25, 0.3) is 11.1 Å². The molecule has 6 heteroatoms. The van der Waals surface area contributed by atoms with Gasteiger partial charge < -0.3 is 4.52 Å². The van der Waals surface area contributed by atoms with E-state index in [0.29, 0.717) is 21.3 Å². The molecule has 1 aromatic carbocycles. The Kier molecular flexibility index (Phi) is 3.54. The van der Waals surface area contributed by atoms with Crippen LogP contribution in [0.2, 0.25) is 5.02 Å². The first-order valence-corrected chi connectivity index (χ1v) is 7.05. The van der Waals surface area contributed by atoms with Crippen molar-refractivity contribution in [1.82, 2.24) is 5.16 Å². The average Bonchev–Trinajstić information content (AvgIpc) is 3.10. The third-order valence-corrected chi connectivity index (χ3v) is 3.82. The summed E-state index contributed by atoms with van der Waals surface area (Å²) in [6, 6.07) is 10.8. The largest absolute Gasteiger partial charge is 0.338 e. The highest BCUT2D eigenvalue weighted by Crippen LogP contribution is 2.29. The summed E-state index contributed by atoms with van der Waals surface area (Å²) in [6.07, 6.45) is 1.56. The monoisotopic (exact) mass is 304 g/mol. The Balaban J connectivity index is 1.87. The van der Waals surface area contributed by atoms with Crippen molar-refractivity contribution >= 4 is 34.7 Å². The Bertz CT molecular complexity index is 720. The Labute approximate surface area is 124 Å². The maximum Gasteiger partial charge on any atom is 0.268 e. The molecule has 0 spiro atoms. The third kappa shape index (κ3) is 2.59. The van der Waals surface area contributed by atoms with Crippen molar-refractivity contribution in [2.45, 2.75) is 0 Å². The highest BCUT2D eigenvalue weighted by Gasteiger charge is 2.15. The second kappa shape index (κ2) is 5.48. The van der Waals surface area contributed by atoms with Gasteiger partial charge in [-0.2, -0.15) is 0 Å². The van der Waals surface area contributed by atoms with Crippen molar-refractivity contribution in [3.63, 3.8) is 0 Å². The van der Waals surface area contributed by atoms with Crippen LogP contribution in [0.4, 0.5) is 5.88 Å². The van der Waals surface area contributed by atoms with E-state index in [2.05, 4.69) is 10.5 Å². The Morgan fingerprint density at radius 2 is 2.05 bits per heavy atom. The smallest absolute Gasteiger partial charge is 0.268 e. The SMILES string of the molecule is O=C(Nc1oncc1-c1ccc(Cl)cc1)c1cccs1. The van der Waals surface area contributed by atoms with Crippen LogP contribution in [0.15, 0.2) is 52.5 Å². The fourth-order valence-electron chi connectivity index (χ4n) is 1.74. The zero-order chi connectivity index (χ0) is 13.9. The van der Waals surface area contributed by atoms with Crippen molar-refractivity contribution in [1.29, 1.82) is 0 Å². The van der Waals surface area contributed by atoms with Crippen molar-refractivity contribution < 1.29 is 9.32 Å². The van der Waals surface area contributed by atoms with Gasteiger partial charge >= 0.3 is 0 Å². The van der Waals surface area contributed by atoms with Crippen molar-refractivity contribution in [2.75, 3.05) is 5.32 Å². The predicted molar refractivity (Wildman–Crippen MR) is 79.2 cm³/mol. The molecule has 0 radical (unpaired) electrons. The van der Waals surface area contributed by atoms with Crippen molar-refractivity contribution in [3.8, 4) is 11.1 Å². The first-order valence-electron chi connectivity index (χ1n) is 5.79. The summed E-state index contributed by atoms with van der Waals surface area (Å²) in [6.45, 7) is 0. The lowest BCUT2D eigenvalue weighted by atomic mass is 10.1. The van der Waals surface area contributed by atoms with E-state index in [1.165, 1.54) is 11.3 Å².